The van der Waals surface area contributed by atoms with Gasteiger partial charge in [-0.1, -0.05) is 6.07 Å². The summed E-state index contributed by atoms with van der Waals surface area (Å²) in [5.74, 6) is 2.33. The molecule has 0 unspecified atom stereocenters. The first kappa shape index (κ1) is 20.3. The van der Waals surface area contributed by atoms with Crippen LogP contribution in [0, 0.1) is 0 Å². The number of rotatable bonds is 9. The number of hydrogen-bond acceptors (Lipinski definition) is 5. The number of sulfonamides is 1. The Kier molecular flexibility index (Phi) is 7.52. The molecule has 26 heavy (non-hydrogen) atoms. The van der Waals surface area contributed by atoms with Gasteiger partial charge in [-0.05, 0) is 38.0 Å². The van der Waals surface area contributed by atoms with Crippen molar-refractivity contribution in [3.8, 4) is 11.5 Å². The molecule has 2 N–H and O–H groups in total. The summed E-state index contributed by atoms with van der Waals surface area (Å²) in [6.07, 6.45) is 0.699. The van der Waals surface area contributed by atoms with Crippen LogP contribution >= 0.6 is 0 Å². The number of hydrogen-bond donors (Lipinski definition) is 2. The minimum atomic E-state index is -3.12. The molecule has 0 fully saturated rings. The fourth-order valence-corrected chi connectivity index (χ4v) is 3.27. The van der Waals surface area contributed by atoms with Gasteiger partial charge in [0.25, 0.3) is 0 Å². The van der Waals surface area contributed by atoms with Crippen LogP contribution in [0.25, 0.3) is 0 Å². The number of nitrogens with one attached hydrogen (secondary N) is 2. The molecule has 1 aromatic carbocycles. The molecule has 0 aromatic heterocycles. The van der Waals surface area contributed by atoms with Gasteiger partial charge in [-0.2, -0.15) is 0 Å². The van der Waals surface area contributed by atoms with E-state index < -0.39 is 10.0 Å². The molecular weight excluding hydrogens is 356 g/mol. The van der Waals surface area contributed by atoms with E-state index in [0.29, 0.717) is 32.0 Å². The zero-order valence-corrected chi connectivity index (χ0v) is 16.4. The monoisotopic (exact) mass is 384 g/mol. The van der Waals surface area contributed by atoms with Crippen molar-refractivity contribution in [3.63, 3.8) is 0 Å². The Bertz CT molecular complexity index is 721. The maximum absolute atomic E-state index is 11.7. The zero-order chi connectivity index (χ0) is 19.0. The first-order chi connectivity index (χ1) is 12.5. The number of guanidine groups is 1. The number of fused-ring (bicyclic) bond motifs is 1. The van der Waals surface area contributed by atoms with Crippen molar-refractivity contribution in [3.05, 3.63) is 23.8 Å². The maximum atomic E-state index is 11.7. The van der Waals surface area contributed by atoms with Crippen molar-refractivity contribution in [1.29, 1.82) is 0 Å². The molecule has 0 amide bonds. The van der Waals surface area contributed by atoms with Crippen LogP contribution in [0.2, 0.25) is 0 Å². The SMILES string of the molecule is CCNC(=NCc1ccc2c(c1)OCO2)NCCCN(C)S(=O)(=O)CC. The molecule has 0 saturated carbocycles. The Morgan fingerprint density at radius 3 is 2.73 bits per heavy atom. The second kappa shape index (κ2) is 9.63. The van der Waals surface area contributed by atoms with Crippen LogP contribution in [0.5, 0.6) is 11.5 Å². The van der Waals surface area contributed by atoms with Crippen LogP contribution in [0.1, 0.15) is 25.8 Å². The fourth-order valence-electron chi connectivity index (χ4n) is 2.42. The quantitative estimate of drug-likeness (QED) is 0.377. The molecule has 0 bridgehead atoms. The van der Waals surface area contributed by atoms with E-state index in [4.69, 9.17) is 9.47 Å². The van der Waals surface area contributed by atoms with Gasteiger partial charge in [0.15, 0.2) is 17.5 Å². The summed E-state index contributed by atoms with van der Waals surface area (Å²) in [4.78, 5) is 4.56. The molecular formula is C17H28N4O4S. The van der Waals surface area contributed by atoms with E-state index in [9.17, 15) is 8.42 Å². The molecule has 146 valence electrons. The molecule has 0 aliphatic carbocycles. The lowest BCUT2D eigenvalue weighted by Gasteiger charge is -2.16. The van der Waals surface area contributed by atoms with E-state index >= 15 is 0 Å². The highest BCUT2D eigenvalue weighted by Crippen LogP contribution is 2.32. The molecule has 1 aliphatic heterocycles. The van der Waals surface area contributed by atoms with Gasteiger partial charge >= 0.3 is 0 Å². The third-order valence-electron chi connectivity index (χ3n) is 3.98. The summed E-state index contributed by atoms with van der Waals surface area (Å²) in [5.41, 5.74) is 1.03. The molecule has 0 atom stereocenters. The topological polar surface area (TPSA) is 92.3 Å². The fraction of sp³-hybridized carbons (Fsp3) is 0.588. The summed E-state index contributed by atoms with van der Waals surface area (Å²) in [6.45, 7) is 6.28. The van der Waals surface area contributed by atoms with Crippen LogP contribution in [-0.4, -0.2) is 57.9 Å². The van der Waals surface area contributed by atoms with Gasteiger partial charge in [-0.25, -0.2) is 17.7 Å². The van der Waals surface area contributed by atoms with E-state index in [1.54, 1.807) is 14.0 Å². The highest BCUT2D eigenvalue weighted by atomic mass is 32.2. The Morgan fingerprint density at radius 2 is 2.00 bits per heavy atom. The Morgan fingerprint density at radius 1 is 1.23 bits per heavy atom. The first-order valence-corrected chi connectivity index (χ1v) is 10.4. The normalized spacial score (nSPS) is 13.9. The second-order valence-corrected chi connectivity index (χ2v) is 8.25. The van der Waals surface area contributed by atoms with Gasteiger partial charge in [-0.3, -0.25) is 0 Å². The number of aliphatic imine (C=N–C) groups is 1. The summed E-state index contributed by atoms with van der Waals surface area (Å²) < 4.78 is 35.5. The molecule has 1 aliphatic rings. The molecule has 1 aromatic rings. The van der Waals surface area contributed by atoms with Gasteiger partial charge in [-0.15, -0.1) is 0 Å². The highest BCUT2D eigenvalue weighted by Gasteiger charge is 2.14. The highest BCUT2D eigenvalue weighted by molar-refractivity contribution is 7.89. The van der Waals surface area contributed by atoms with Crippen LogP contribution in [-0.2, 0) is 16.6 Å². The minimum absolute atomic E-state index is 0.122. The van der Waals surface area contributed by atoms with Crippen molar-refractivity contribution in [2.24, 2.45) is 4.99 Å². The minimum Gasteiger partial charge on any atom is -0.454 e. The summed E-state index contributed by atoms with van der Waals surface area (Å²) in [5, 5.41) is 6.42. The molecule has 2 rings (SSSR count). The van der Waals surface area contributed by atoms with Gasteiger partial charge in [0, 0.05) is 26.7 Å². The van der Waals surface area contributed by atoms with Crippen LogP contribution < -0.4 is 20.1 Å². The van der Waals surface area contributed by atoms with Crippen molar-refractivity contribution in [2.45, 2.75) is 26.8 Å². The molecule has 0 saturated heterocycles. The van der Waals surface area contributed by atoms with E-state index in [1.165, 1.54) is 4.31 Å². The maximum Gasteiger partial charge on any atom is 0.231 e. The van der Waals surface area contributed by atoms with Crippen molar-refractivity contribution < 1.29 is 17.9 Å². The van der Waals surface area contributed by atoms with E-state index in [0.717, 1.165) is 23.6 Å². The smallest absolute Gasteiger partial charge is 0.231 e. The van der Waals surface area contributed by atoms with E-state index in [1.807, 2.05) is 25.1 Å². The first-order valence-electron chi connectivity index (χ1n) is 8.81. The van der Waals surface area contributed by atoms with Crippen LogP contribution in [0.3, 0.4) is 0 Å². The average molecular weight is 385 g/mol. The van der Waals surface area contributed by atoms with Crippen LogP contribution in [0.4, 0.5) is 0 Å². The van der Waals surface area contributed by atoms with Gasteiger partial charge in [0.05, 0.1) is 12.3 Å². The van der Waals surface area contributed by atoms with Gasteiger partial charge in [0.1, 0.15) is 0 Å². The van der Waals surface area contributed by atoms with Crippen molar-refractivity contribution in [1.82, 2.24) is 14.9 Å². The van der Waals surface area contributed by atoms with Gasteiger partial charge < -0.3 is 20.1 Å². The zero-order valence-electron chi connectivity index (χ0n) is 15.6. The predicted octanol–water partition coefficient (Wildman–Crippen LogP) is 1.14. The van der Waals surface area contributed by atoms with Crippen molar-refractivity contribution in [2.75, 3.05) is 39.2 Å². The summed E-state index contributed by atoms with van der Waals surface area (Å²) in [6, 6.07) is 5.78. The molecule has 8 nitrogen and oxygen atoms in total. The summed E-state index contributed by atoms with van der Waals surface area (Å²) in [7, 11) is -1.51. The third-order valence-corrected chi connectivity index (χ3v) is 5.84. The van der Waals surface area contributed by atoms with Crippen molar-refractivity contribution >= 4 is 16.0 Å². The number of ether oxygens (including phenoxy) is 2. The molecule has 1 heterocycles. The van der Waals surface area contributed by atoms with Gasteiger partial charge in [0.2, 0.25) is 16.8 Å². The summed E-state index contributed by atoms with van der Waals surface area (Å²) >= 11 is 0. The standard InChI is InChI=1S/C17H28N4O4S/c1-4-18-17(19-9-6-10-21(3)26(22,23)5-2)20-12-14-7-8-15-16(11-14)25-13-24-15/h7-8,11H,4-6,9-10,12-13H2,1-3H3,(H2,18,19,20). The third kappa shape index (κ3) is 5.77. The lowest BCUT2D eigenvalue weighted by molar-refractivity contribution is 0.174. The lowest BCUT2D eigenvalue weighted by atomic mass is 10.2. The average Bonchev–Trinajstić information content (AvgIpc) is 3.10. The van der Waals surface area contributed by atoms with E-state index in [-0.39, 0.29) is 12.5 Å². The van der Waals surface area contributed by atoms with E-state index in [2.05, 4.69) is 15.6 Å². The largest absolute Gasteiger partial charge is 0.454 e. The Labute approximate surface area is 155 Å². The number of benzene rings is 1. The predicted molar refractivity (Wildman–Crippen MR) is 102 cm³/mol. The molecule has 0 radical (unpaired) electrons. The van der Waals surface area contributed by atoms with Crippen LogP contribution in [0.15, 0.2) is 23.2 Å². The second-order valence-electron chi connectivity index (χ2n) is 5.89. The number of nitrogens with zero attached hydrogens (tertiary/aromatic N) is 2. The lowest BCUT2D eigenvalue weighted by Crippen LogP contribution is -2.39. The molecule has 0 spiro atoms. The molecule has 9 heteroatoms. The Hall–Kier alpha value is -2.00. The Balaban J connectivity index is 1.83.